The SMILES string of the molecule is COCCCCCCNC(=O)CCCCCCCO[C@@H]1OC(COC(C)=O)[C@H](OC(C)=O)[C@H](C)C1C. The van der Waals surface area contributed by atoms with E-state index >= 15 is 0 Å². The smallest absolute Gasteiger partial charge is 0.303 e. The van der Waals surface area contributed by atoms with Crippen molar-refractivity contribution < 1.29 is 38.1 Å². The molecule has 1 saturated heterocycles. The van der Waals surface area contributed by atoms with Crippen LogP contribution in [0.5, 0.6) is 0 Å². The summed E-state index contributed by atoms with van der Waals surface area (Å²) in [6, 6.07) is 0. The normalized spacial score (nSPS) is 23.8. The van der Waals surface area contributed by atoms with E-state index in [4.69, 9.17) is 23.7 Å². The summed E-state index contributed by atoms with van der Waals surface area (Å²) in [5, 5.41) is 3.00. The fourth-order valence-electron chi connectivity index (χ4n) is 4.32. The van der Waals surface area contributed by atoms with Gasteiger partial charge in [-0.3, -0.25) is 14.4 Å². The van der Waals surface area contributed by atoms with Gasteiger partial charge in [0.15, 0.2) is 6.29 Å². The Balaban J connectivity index is 2.18. The van der Waals surface area contributed by atoms with E-state index in [1.165, 1.54) is 13.8 Å². The molecule has 0 aromatic heterocycles. The van der Waals surface area contributed by atoms with Crippen molar-refractivity contribution >= 4 is 17.8 Å². The van der Waals surface area contributed by atoms with Gasteiger partial charge in [-0.05, 0) is 25.7 Å². The average molecular weight is 516 g/mol. The van der Waals surface area contributed by atoms with Crippen LogP contribution in [-0.2, 0) is 38.1 Å². The van der Waals surface area contributed by atoms with Crippen molar-refractivity contribution in [3.63, 3.8) is 0 Å². The molecule has 1 amide bonds. The monoisotopic (exact) mass is 515 g/mol. The van der Waals surface area contributed by atoms with E-state index in [0.29, 0.717) is 13.0 Å². The largest absolute Gasteiger partial charge is 0.463 e. The van der Waals surface area contributed by atoms with Crippen LogP contribution in [0.1, 0.15) is 91.9 Å². The number of carbonyl (C=O) groups excluding carboxylic acids is 3. The van der Waals surface area contributed by atoms with Gasteiger partial charge in [0.2, 0.25) is 5.91 Å². The average Bonchev–Trinajstić information content (AvgIpc) is 2.83. The highest BCUT2D eigenvalue weighted by atomic mass is 16.7. The zero-order valence-electron chi connectivity index (χ0n) is 23.1. The van der Waals surface area contributed by atoms with E-state index in [1.54, 1.807) is 7.11 Å². The van der Waals surface area contributed by atoms with Gasteiger partial charge in [0.25, 0.3) is 0 Å². The van der Waals surface area contributed by atoms with Crippen LogP contribution in [0, 0.1) is 11.8 Å². The number of hydrogen-bond donors (Lipinski definition) is 1. The van der Waals surface area contributed by atoms with E-state index < -0.39 is 24.5 Å². The van der Waals surface area contributed by atoms with Crippen LogP contribution in [0.4, 0.5) is 0 Å². The highest BCUT2D eigenvalue weighted by Crippen LogP contribution is 2.33. The number of esters is 2. The molecule has 1 N–H and O–H groups in total. The molecular weight excluding hydrogens is 466 g/mol. The molecule has 0 aromatic carbocycles. The van der Waals surface area contributed by atoms with Crippen LogP contribution in [0.25, 0.3) is 0 Å². The van der Waals surface area contributed by atoms with Gasteiger partial charge in [-0.15, -0.1) is 0 Å². The summed E-state index contributed by atoms with van der Waals surface area (Å²) in [4.78, 5) is 34.7. The number of rotatable bonds is 19. The second kappa shape index (κ2) is 19.4. The topological polar surface area (TPSA) is 109 Å². The van der Waals surface area contributed by atoms with Gasteiger partial charge < -0.3 is 29.0 Å². The number of ether oxygens (including phenoxy) is 5. The molecule has 5 atom stereocenters. The molecule has 1 heterocycles. The number of nitrogens with one attached hydrogen (secondary N) is 1. The first kappa shape index (κ1) is 32.3. The second-order valence-electron chi connectivity index (χ2n) is 9.78. The molecule has 0 spiro atoms. The number of methoxy groups -OCH3 is 1. The summed E-state index contributed by atoms with van der Waals surface area (Å²) in [5.74, 6) is -0.638. The Bertz CT molecular complexity index is 629. The molecule has 2 unspecified atom stereocenters. The molecule has 1 rings (SSSR count). The van der Waals surface area contributed by atoms with Crippen molar-refractivity contribution in [3.8, 4) is 0 Å². The molecule has 9 nitrogen and oxygen atoms in total. The number of amides is 1. The molecule has 210 valence electrons. The third-order valence-electron chi connectivity index (χ3n) is 6.63. The predicted molar refractivity (Wildman–Crippen MR) is 136 cm³/mol. The maximum atomic E-state index is 11.9. The van der Waals surface area contributed by atoms with Crippen LogP contribution < -0.4 is 5.32 Å². The molecular formula is C27H49NO8. The molecule has 1 fully saturated rings. The predicted octanol–water partition coefficient (Wildman–Crippen LogP) is 4.16. The van der Waals surface area contributed by atoms with E-state index in [0.717, 1.165) is 70.9 Å². The lowest BCUT2D eigenvalue weighted by molar-refractivity contribution is -0.273. The molecule has 36 heavy (non-hydrogen) atoms. The van der Waals surface area contributed by atoms with E-state index in [2.05, 4.69) is 5.32 Å². The zero-order valence-corrected chi connectivity index (χ0v) is 23.1. The van der Waals surface area contributed by atoms with Crippen molar-refractivity contribution in [2.24, 2.45) is 11.8 Å². The Morgan fingerprint density at radius 2 is 1.44 bits per heavy atom. The van der Waals surface area contributed by atoms with Gasteiger partial charge >= 0.3 is 11.9 Å². The summed E-state index contributed by atoms with van der Waals surface area (Å²) < 4.78 is 27.7. The molecule has 0 bridgehead atoms. The Kier molecular flexibility index (Phi) is 17.4. The minimum Gasteiger partial charge on any atom is -0.463 e. The highest BCUT2D eigenvalue weighted by molar-refractivity contribution is 5.75. The number of unbranched alkanes of at least 4 members (excludes halogenated alkanes) is 7. The fourth-order valence-corrected chi connectivity index (χ4v) is 4.32. The maximum absolute atomic E-state index is 11.9. The standard InChI is InChI=1S/C27H49NO8/c1-20-21(2)27(36-24(19-34-22(3)29)26(20)35-23(4)30)33-18-14-9-6-7-11-15-25(31)28-16-12-8-10-13-17-32-5/h20-21,24,26-27H,6-19H2,1-5H3,(H,28,31)/t20-,21?,24?,26-,27-/m1/s1. The van der Waals surface area contributed by atoms with Gasteiger partial charge in [0, 0.05) is 59.0 Å². The van der Waals surface area contributed by atoms with Crippen molar-refractivity contribution in [1.29, 1.82) is 0 Å². The first-order valence-corrected chi connectivity index (χ1v) is 13.6. The molecule has 0 aliphatic carbocycles. The summed E-state index contributed by atoms with van der Waals surface area (Å²) in [6.45, 7) is 8.86. The first-order chi connectivity index (χ1) is 17.3. The van der Waals surface area contributed by atoms with Crippen LogP contribution in [-0.4, -0.2) is 69.8 Å². The number of hydrogen-bond acceptors (Lipinski definition) is 8. The van der Waals surface area contributed by atoms with Gasteiger partial charge in [0.05, 0.1) is 0 Å². The molecule has 0 aromatic rings. The lowest BCUT2D eigenvalue weighted by atomic mass is 9.84. The Labute approximate surface area is 217 Å². The van der Waals surface area contributed by atoms with E-state index in [1.807, 2.05) is 13.8 Å². The summed E-state index contributed by atoms with van der Waals surface area (Å²) in [6.07, 6.45) is 8.34. The van der Waals surface area contributed by atoms with Crippen molar-refractivity contribution in [3.05, 3.63) is 0 Å². The fraction of sp³-hybridized carbons (Fsp3) is 0.889. The van der Waals surface area contributed by atoms with E-state index in [-0.39, 0.29) is 30.3 Å². The van der Waals surface area contributed by atoms with Crippen LogP contribution in [0.3, 0.4) is 0 Å². The quantitative estimate of drug-likeness (QED) is 0.202. The lowest BCUT2D eigenvalue weighted by Gasteiger charge is -2.43. The number of carbonyl (C=O) groups is 3. The maximum Gasteiger partial charge on any atom is 0.303 e. The highest BCUT2D eigenvalue weighted by Gasteiger charge is 2.44. The third-order valence-corrected chi connectivity index (χ3v) is 6.63. The molecule has 1 aliphatic heterocycles. The molecule has 1 aliphatic rings. The van der Waals surface area contributed by atoms with Crippen molar-refractivity contribution in [2.45, 2.75) is 110 Å². The zero-order chi connectivity index (χ0) is 26.8. The Hall–Kier alpha value is -1.71. The molecule has 0 saturated carbocycles. The minimum absolute atomic E-state index is 0.00462. The third kappa shape index (κ3) is 14.1. The Morgan fingerprint density at radius 1 is 0.806 bits per heavy atom. The summed E-state index contributed by atoms with van der Waals surface area (Å²) >= 11 is 0. The van der Waals surface area contributed by atoms with E-state index in [9.17, 15) is 14.4 Å². The first-order valence-electron chi connectivity index (χ1n) is 13.6. The summed E-state index contributed by atoms with van der Waals surface area (Å²) in [7, 11) is 1.72. The van der Waals surface area contributed by atoms with Crippen molar-refractivity contribution in [2.75, 3.05) is 33.5 Å². The molecule has 9 heteroatoms. The van der Waals surface area contributed by atoms with Crippen LogP contribution >= 0.6 is 0 Å². The van der Waals surface area contributed by atoms with Crippen LogP contribution in [0.15, 0.2) is 0 Å². The minimum atomic E-state index is -0.559. The van der Waals surface area contributed by atoms with Crippen LogP contribution in [0.2, 0.25) is 0 Å². The van der Waals surface area contributed by atoms with Crippen molar-refractivity contribution in [1.82, 2.24) is 5.32 Å². The van der Waals surface area contributed by atoms with Gasteiger partial charge in [-0.1, -0.05) is 46.0 Å². The molecule has 0 radical (unpaired) electrons. The lowest BCUT2D eigenvalue weighted by Crippen LogP contribution is -2.53. The van der Waals surface area contributed by atoms with Gasteiger partial charge in [-0.2, -0.15) is 0 Å². The second-order valence-corrected chi connectivity index (χ2v) is 9.78. The Morgan fingerprint density at radius 3 is 2.11 bits per heavy atom. The van der Waals surface area contributed by atoms with Gasteiger partial charge in [0.1, 0.15) is 18.8 Å². The summed E-state index contributed by atoms with van der Waals surface area (Å²) in [5.41, 5.74) is 0. The van der Waals surface area contributed by atoms with Gasteiger partial charge in [-0.25, -0.2) is 0 Å².